The highest BCUT2D eigenvalue weighted by atomic mass is 16.5. The van der Waals surface area contributed by atoms with Crippen LogP contribution in [0.3, 0.4) is 0 Å². The number of hydrogen-bond acceptors (Lipinski definition) is 5. The molecule has 2 atom stereocenters. The summed E-state index contributed by atoms with van der Waals surface area (Å²) in [4.78, 5) is 27.0. The first-order valence-electron chi connectivity index (χ1n) is 9.50. The van der Waals surface area contributed by atoms with Crippen molar-refractivity contribution in [2.45, 2.75) is 37.9 Å². The predicted octanol–water partition coefficient (Wildman–Crippen LogP) is 2.06. The smallest absolute Gasteiger partial charge is 0.257 e. The zero-order valence-corrected chi connectivity index (χ0v) is 14.9. The third-order valence-electron chi connectivity index (χ3n) is 5.22. The lowest BCUT2D eigenvalue weighted by molar-refractivity contribution is -0.136. The van der Waals surface area contributed by atoms with Crippen molar-refractivity contribution in [3.8, 4) is 5.75 Å². The number of amides is 1. The van der Waals surface area contributed by atoms with Gasteiger partial charge in [-0.25, -0.2) is 0 Å². The molecule has 0 N–H and O–H groups in total. The molecule has 2 unspecified atom stereocenters. The van der Waals surface area contributed by atoms with E-state index in [1.807, 2.05) is 18.2 Å². The van der Waals surface area contributed by atoms with Gasteiger partial charge in [-0.3, -0.25) is 9.59 Å². The first-order chi connectivity index (χ1) is 12.7. The molecular formula is C20H25NO5. The van der Waals surface area contributed by atoms with E-state index >= 15 is 0 Å². The Kier molecular flexibility index (Phi) is 5.22. The Morgan fingerprint density at radius 1 is 1.12 bits per heavy atom. The standard InChI is InChI=1S/C20H25NO5/c22-19(14-7-8-14)18-12-21(9-11-25-18)20(23)16-5-1-2-6-17(16)26-13-15-4-3-10-24-15/h1-2,5-6,14-15,18H,3-4,7-13H2. The number of carbonyl (C=O) groups excluding carboxylic acids is 2. The molecule has 0 aromatic heterocycles. The number of hydrogen-bond donors (Lipinski definition) is 0. The molecule has 140 valence electrons. The summed E-state index contributed by atoms with van der Waals surface area (Å²) < 4.78 is 17.1. The molecule has 4 rings (SSSR count). The zero-order chi connectivity index (χ0) is 17.9. The van der Waals surface area contributed by atoms with Gasteiger partial charge in [0.15, 0.2) is 5.78 Å². The molecule has 0 spiro atoms. The zero-order valence-electron chi connectivity index (χ0n) is 14.9. The predicted molar refractivity (Wildman–Crippen MR) is 94.3 cm³/mol. The molecule has 6 heteroatoms. The van der Waals surface area contributed by atoms with Gasteiger partial charge in [-0.15, -0.1) is 0 Å². The summed E-state index contributed by atoms with van der Waals surface area (Å²) in [5.41, 5.74) is 0.532. The summed E-state index contributed by atoms with van der Waals surface area (Å²) in [5.74, 6) is 0.747. The van der Waals surface area contributed by atoms with Crippen LogP contribution in [-0.4, -0.2) is 61.7 Å². The second kappa shape index (κ2) is 7.76. The van der Waals surface area contributed by atoms with E-state index in [9.17, 15) is 9.59 Å². The van der Waals surface area contributed by atoms with Crippen molar-refractivity contribution in [1.82, 2.24) is 4.90 Å². The van der Waals surface area contributed by atoms with Crippen LogP contribution < -0.4 is 4.74 Å². The molecule has 1 aromatic carbocycles. The van der Waals surface area contributed by atoms with Crippen LogP contribution in [0, 0.1) is 5.92 Å². The number of benzene rings is 1. The van der Waals surface area contributed by atoms with Crippen LogP contribution in [0.5, 0.6) is 5.75 Å². The molecule has 3 fully saturated rings. The second-order valence-corrected chi connectivity index (χ2v) is 7.23. The quantitative estimate of drug-likeness (QED) is 0.778. The number of carbonyl (C=O) groups is 2. The summed E-state index contributed by atoms with van der Waals surface area (Å²) in [6.45, 7) is 2.45. The summed E-state index contributed by atoms with van der Waals surface area (Å²) in [6, 6.07) is 7.29. The number of para-hydroxylation sites is 1. The first-order valence-corrected chi connectivity index (χ1v) is 9.50. The van der Waals surface area contributed by atoms with Crippen LogP contribution in [0.1, 0.15) is 36.0 Å². The van der Waals surface area contributed by atoms with Crippen molar-refractivity contribution in [3.63, 3.8) is 0 Å². The van der Waals surface area contributed by atoms with E-state index in [4.69, 9.17) is 14.2 Å². The minimum atomic E-state index is -0.486. The molecule has 2 aliphatic heterocycles. The van der Waals surface area contributed by atoms with Crippen LogP contribution in [0.2, 0.25) is 0 Å². The monoisotopic (exact) mass is 359 g/mol. The van der Waals surface area contributed by atoms with Crippen LogP contribution in [0.25, 0.3) is 0 Å². The van der Waals surface area contributed by atoms with E-state index in [0.29, 0.717) is 37.6 Å². The first kappa shape index (κ1) is 17.5. The minimum Gasteiger partial charge on any atom is -0.490 e. The van der Waals surface area contributed by atoms with Gasteiger partial charge in [-0.2, -0.15) is 0 Å². The lowest BCUT2D eigenvalue weighted by Gasteiger charge is -2.32. The Balaban J connectivity index is 1.42. The van der Waals surface area contributed by atoms with Crippen LogP contribution >= 0.6 is 0 Å². The molecule has 1 amide bonds. The van der Waals surface area contributed by atoms with Crippen molar-refractivity contribution in [3.05, 3.63) is 29.8 Å². The van der Waals surface area contributed by atoms with Crippen LogP contribution in [-0.2, 0) is 14.3 Å². The fraction of sp³-hybridized carbons (Fsp3) is 0.600. The van der Waals surface area contributed by atoms with Crippen molar-refractivity contribution in [1.29, 1.82) is 0 Å². The normalized spacial score (nSPS) is 25.9. The van der Waals surface area contributed by atoms with Gasteiger partial charge in [0.05, 0.1) is 24.8 Å². The van der Waals surface area contributed by atoms with E-state index in [1.165, 1.54) is 0 Å². The SMILES string of the molecule is O=C(C1CC1)C1CN(C(=O)c2ccccc2OCC2CCCO2)CCO1. The Bertz CT molecular complexity index is 666. The highest BCUT2D eigenvalue weighted by Crippen LogP contribution is 2.32. The van der Waals surface area contributed by atoms with Crippen LogP contribution in [0.4, 0.5) is 0 Å². The van der Waals surface area contributed by atoms with E-state index in [0.717, 1.165) is 32.3 Å². The highest BCUT2D eigenvalue weighted by Gasteiger charge is 2.38. The third-order valence-corrected chi connectivity index (χ3v) is 5.22. The van der Waals surface area contributed by atoms with E-state index < -0.39 is 6.10 Å². The Morgan fingerprint density at radius 2 is 1.96 bits per heavy atom. The van der Waals surface area contributed by atoms with Crippen molar-refractivity contribution in [2.24, 2.45) is 5.92 Å². The minimum absolute atomic E-state index is 0.0992. The van der Waals surface area contributed by atoms with E-state index in [1.54, 1.807) is 11.0 Å². The summed E-state index contributed by atoms with van der Waals surface area (Å²) >= 11 is 0. The molecule has 0 radical (unpaired) electrons. The molecule has 1 aromatic rings. The Labute approximate surface area is 153 Å². The van der Waals surface area contributed by atoms with Crippen molar-refractivity contribution in [2.75, 3.05) is 32.9 Å². The molecule has 3 aliphatic rings. The van der Waals surface area contributed by atoms with Gasteiger partial charge in [-0.05, 0) is 37.8 Å². The Morgan fingerprint density at radius 3 is 2.73 bits per heavy atom. The second-order valence-electron chi connectivity index (χ2n) is 7.23. The third kappa shape index (κ3) is 3.91. The lowest BCUT2D eigenvalue weighted by atomic mass is 10.1. The number of nitrogens with zero attached hydrogens (tertiary/aromatic N) is 1. The number of ether oxygens (including phenoxy) is 3. The molecule has 2 saturated heterocycles. The molecule has 1 saturated carbocycles. The molecule has 1 aliphatic carbocycles. The maximum Gasteiger partial charge on any atom is 0.257 e. The van der Waals surface area contributed by atoms with Gasteiger partial charge in [0.25, 0.3) is 5.91 Å². The fourth-order valence-electron chi connectivity index (χ4n) is 3.53. The van der Waals surface area contributed by atoms with Crippen LogP contribution in [0.15, 0.2) is 24.3 Å². The van der Waals surface area contributed by atoms with Gasteiger partial charge in [0.1, 0.15) is 18.5 Å². The topological polar surface area (TPSA) is 65.1 Å². The summed E-state index contributed by atoms with van der Waals surface area (Å²) in [5, 5.41) is 0. The maximum atomic E-state index is 13.0. The number of ketones is 1. The summed E-state index contributed by atoms with van der Waals surface area (Å²) in [6.07, 6.45) is 3.56. The largest absolute Gasteiger partial charge is 0.490 e. The number of rotatable bonds is 6. The molecule has 2 heterocycles. The molecule has 6 nitrogen and oxygen atoms in total. The van der Waals surface area contributed by atoms with Gasteiger partial charge >= 0.3 is 0 Å². The van der Waals surface area contributed by atoms with Gasteiger partial charge < -0.3 is 19.1 Å². The number of morpholine rings is 1. The van der Waals surface area contributed by atoms with Gasteiger partial charge in [0.2, 0.25) is 0 Å². The highest BCUT2D eigenvalue weighted by molar-refractivity contribution is 5.97. The van der Waals surface area contributed by atoms with Crippen molar-refractivity contribution >= 4 is 11.7 Å². The fourth-order valence-corrected chi connectivity index (χ4v) is 3.53. The average Bonchev–Trinajstić information content (AvgIpc) is 3.41. The van der Waals surface area contributed by atoms with Gasteiger partial charge in [0, 0.05) is 19.1 Å². The summed E-state index contributed by atoms with van der Waals surface area (Å²) in [7, 11) is 0. The average molecular weight is 359 g/mol. The maximum absolute atomic E-state index is 13.0. The van der Waals surface area contributed by atoms with Crippen molar-refractivity contribution < 1.29 is 23.8 Å². The Hall–Kier alpha value is -1.92. The molecule has 26 heavy (non-hydrogen) atoms. The number of Topliss-reactive ketones (excluding diaryl/α,β-unsaturated/α-hetero) is 1. The lowest BCUT2D eigenvalue weighted by Crippen LogP contribution is -2.49. The van der Waals surface area contributed by atoms with Gasteiger partial charge in [-0.1, -0.05) is 12.1 Å². The molecule has 0 bridgehead atoms. The van der Waals surface area contributed by atoms with E-state index in [2.05, 4.69) is 0 Å². The van der Waals surface area contributed by atoms with E-state index in [-0.39, 0.29) is 23.7 Å². The molecular weight excluding hydrogens is 334 g/mol.